The van der Waals surface area contributed by atoms with Crippen molar-refractivity contribution in [1.82, 2.24) is 4.98 Å². The number of carbonyl (C=O) groups excluding carboxylic acids is 1. The molecule has 0 saturated carbocycles. The quantitative estimate of drug-likeness (QED) is 0.796. The van der Waals surface area contributed by atoms with E-state index in [9.17, 15) is 4.79 Å². The Labute approximate surface area is 118 Å². The summed E-state index contributed by atoms with van der Waals surface area (Å²) in [5.41, 5.74) is 0.481. The van der Waals surface area contributed by atoms with Crippen LogP contribution in [0.25, 0.3) is 0 Å². The molecule has 0 N–H and O–H groups in total. The number of anilines is 1. The molecule has 4 nitrogen and oxygen atoms in total. The van der Waals surface area contributed by atoms with Gasteiger partial charge in [-0.2, -0.15) is 0 Å². The second-order valence-corrected chi connectivity index (χ2v) is 6.54. The number of esters is 1. The van der Waals surface area contributed by atoms with Crippen LogP contribution in [-0.2, 0) is 4.74 Å². The molecule has 1 fully saturated rings. The van der Waals surface area contributed by atoms with Crippen LogP contribution >= 0.6 is 11.3 Å². The number of nitrogens with zero attached hydrogens (tertiary/aromatic N) is 2. The fourth-order valence-corrected chi connectivity index (χ4v) is 3.34. The van der Waals surface area contributed by atoms with Crippen molar-refractivity contribution in [2.45, 2.75) is 34.1 Å². The lowest BCUT2D eigenvalue weighted by Crippen LogP contribution is -2.21. The van der Waals surface area contributed by atoms with Crippen molar-refractivity contribution >= 4 is 22.4 Å². The number of thiazole rings is 1. The minimum absolute atomic E-state index is 0.304. The predicted molar refractivity (Wildman–Crippen MR) is 78.0 cm³/mol. The van der Waals surface area contributed by atoms with Crippen molar-refractivity contribution in [3.05, 3.63) is 10.6 Å². The Morgan fingerprint density at radius 1 is 1.58 bits per heavy atom. The molecule has 5 heteroatoms. The van der Waals surface area contributed by atoms with Gasteiger partial charge in [-0.15, -0.1) is 11.3 Å². The van der Waals surface area contributed by atoms with Crippen molar-refractivity contribution in [1.29, 1.82) is 0 Å². The molecule has 19 heavy (non-hydrogen) atoms. The van der Waals surface area contributed by atoms with Crippen molar-refractivity contribution < 1.29 is 9.53 Å². The van der Waals surface area contributed by atoms with Gasteiger partial charge < -0.3 is 9.64 Å². The topological polar surface area (TPSA) is 42.4 Å². The maximum absolute atomic E-state index is 11.8. The summed E-state index contributed by atoms with van der Waals surface area (Å²) in [5.74, 6) is 1.13. The fraction of sp³-hybridized carbons (Fsp3) is 0.714. The minimum Gasteiger partial charge on any atom is -0.461 e. The minimum atomic E-state index is -0.304. The summed E-state index contributed by atoms with van der Waals surface area (Å²) in [6.07, 6.45) is 1.21. The molecule has 1 aromatic heterocycles. The van der Waals surface area contributed by atoms with E-state index in [1.165, 1.54) is 6.42 Å². The van der Waals surface area contributed by atoms with E-state index in [1.54, 1.807) is 11.3 Å². The lowest BCUT2D eigenvalue weighted by Gasteiger charge is -2.16. The molecule has 0 bridgehead atoms. The molecule has 106 valence electrons. The van der Waals surface area contributed by atoms with Gasteiger partial charge >= 0.3 is 5.97 Å². The van der Waals surface area contributed by atoms with E-state index in [0.717, 1.165) is 29.0 Å². The van der Waals surface area contributed by atoms with E-state index in [2.05, 4.69) is 23.7 Å². The molecule has 1 saturated heterocycles. The largest absolute Gasteiger partial charge is 0.461 e. The molecule has 0 amide bonds. The zero-order valence-corrected chi connectivity index (χ0v) is 12.9. The van der Waals surface area contributed by atoms with E-state index in [4.69, 9.17) is 4.74 Å². The van der Waals surface area contributed by atoms with Gasteiger partial charge in [-0.1, -0.05) is 13.8 Å². The van der Waals surface area contributed by atoms with Gasteiger partial charge in [-0.3, -0.25) is 0 Å². The van der Waals surface area contributed by atoms with Crippen LogP contribution in [0.15, 0.2) is 0 Å². The predicted octanol–water partition coefficient (Wildman–Crippen LogP) is 3.11. The number of hydrogen-bond acceptors (Lipinski definition) is 5. The first kappa shape index (κ1) is 14.3. The van der Waals surface area contributed by atoms with Gasteiger partial charge in [0.05, 0.1) is 6.61 Å². The third kappa shape index (κ3) is 3.08. The van der Waals surface area contributed by atoms with E-state index >= 15 is 0 Å². The molecule has 0 spiro atoms. The van der Waals surface area contributed by atoms with Gasteiger partial charge in [-0.05, 0) is 32.1 Å². The van der Waals surface area contributed by atoms with Crippen LogP contribution < -0.4 is 4.90 Å². The summed E-state index contributed by atoms with van der Waals surface area (Å²) in [6, 6.07) is 0. The molecule has 0 radical (unpaired) electrons. The molecule has 1 unspecified atom stereocenters. The fourth-order valence-electron chi connectivity index (χ4n) is 2.41. The summed E-state index contributed by atoms with van der Waals surface area (Å²) in [6.45, 7) is 10.8. The Hall–Kier alpha value is -1.10. The number of aromatic nitrogens is 1. The number of aryl methyl sites for hydroxylation is 1. The summed E-state index contributed by atoms with van der Waals surface area (Å²) < 4.78 is 5.03. The maximum atomic E-state index is 11.8. The normalized spacial score (nSPS) is 19.2. The van der Waals surface area contributed by atoms with Gasteiger partial charge in [0, 0.05) is 18.0 Å². The maximum Gasteiger partial charge on any atom is 0.358 e. The van der Waals surface area contributed by atoms with E-state index in [0.29, 0.717) is 18.2 Å². The Morgan fingerprint density at radius 2 is 2.32 bits per heavy atom. The van der Waals surface area contributed by atoms with Crippen LogP contribution in [0, 0.1) is 18.8 Å². The van der Waals surface area contributed by atoms with E-state index in [1.807, 2.05) is 13.8 Å². The number of rotatable bonds is 4. The van der Waals surface area contributed by atoms with Gasteiger partial charge in [-0.25, -0.2) is 9.78 Å². The lowest BCUT2D eigenvalue weighted by molar-refractivity contribution is 0.0519. The van der Waals surface area contributed by atoms with Crippen LogP contribution in [0.2, 0.25) is 0 Å². The van der Waals surface area contributed by atoms with Crippen LogP contribution in [0.1, 0.15) is 42.6 Å². The summed E-state index contributed by atoms with van der Waals surface area (Å²) in [5, 5.41) is 0.962. The van der Waals surface area contributed by atoms with Gasteiger partial charge in [0.2, 0.25) is 0 Å². The van der Waals surface area contributed by atoms with Crippen molar-refractivity contribution in [3.8, 4) is 0 Å². The molecule has 2 heterocycles. The van der Waals surface area contributed by atoms with E-state index < -0.39 is 0 Å². The summed E-state index contributed by atoms with van der Waals surface area (Å²) in [4.78, 5) is 19.5. The number of carbonyl (C=O) groups is 1. The Kier molecular flexibility index (Phi) is 4.45. The monoisotopic (exact) mass is 282 g/mol. The first-order valence-electron chi connectivity index (χ1n) is 6.92. The number of hydrogen-bond donors (Lipinski definition) is 0. The number of ether oxygens (including phenoxy) is 1. The summed E-state index contributed by atoms with van der Waals surface area (Å²) >= 11 is 1.59. The third-order valence-corrected chi connectivity index (χ3v) is 4.72. The Bertz CT molecular complexity index is 456. The molecule has 1 aromatic rings. The zero-order chi connectivity index (χ0) is 14.0. The van der Waals surface area contributed by atoms with E-state index in [-0.39, 0.29) is 5.97 Å². The smallest absolute Gasteiger partial charge is 0.358 e. The first-order chi connectivity index (χ1) is 9.02. The molecular formula is C14H22N2O2S. The molecule has 0 aliphatic carbocycles. The van der Waals surface area contributed by atoms with Crippen molar-refractivity contribution in [2.24, 2.45) is 11.8 Å². The van der Waals surface area contributed by atoms with Gasteiger partial charge in [0.15, 0.2) is 10.8 Å². The molecule has 1 aliphatic heterocycles. The Morgan fingerprint density at radius 3 is 2.89 bits per heavy atom. The second kappa shape index (κ2) is 5.90. The van der Waals surface area contributed by atoms with Gasteiger partial charge in [0.25, 0.3) is 0 Å². The first-order valence-corrected chi connectivity index (χ1v) is 7.74. The zero-order valence-electron chi connectivity index (χ0n) is 12.1. The highest BCUT2D eigenvalue weighted by Crippen LogP contribution is 2.32. The summed E-state index contributed by atoms with van der Waals surface area (Å²) in [7, 11) is 0. The molecular weight excluding hydrogens is 260 g/mol. The van der Waals surface area contributed by atoms with Crippen molar-refractivity contribution in [3.63, 3.8) is 0 Å². The standard InChI is InChI=1S/C14H22N2O2S/c1-5-18-13(17)12-10(4)19-14(15-12)16-7-6-11(8-16)9(2)3/h9,11H,5-8H2,1-4H3. The second-order valence-electron chi connectivity index (χ2n) is 5.36. The lowest BCUT2D eigenvalue weighted by atomic mass is 9.95. The molecule has 1 atom stereocenters. The van der Waals surface area contributed by atoms with Crippen LogP contribution in [0.4, 0.5) is 5.13 Å². The highest BCUT2D eigenvalue weighted by atomic mass is 32.1. The SMILES string of the molecule is CCOC(=O)c1nc(N2CCC(C(C)C)C2)sc1C. The average molecular weight is 282 g/mol. The van der Waals surface area contributed by atoms with Crippen LogP contribution in [-0.4, -0.2) is 30.6 Å². The molecule has 2 rings (SSSR count). The van der Waals surface area contributed by atoms with Crippen molar-refractivity contribution in [2.75, 3.05) is 24.6 Å². The molecule has 0 aromatic carbocycles. The average Bonchev–Trinajstić information content (AvgIpc) is 2.95. The molecule has 1 aliphatic rings. The van der Waals surface area contributed by atoms with Gasteiger partial charge in [0.1, 0.15) is 0 Å². The van der Waals surface area contributed by atoms with Crippen LogP contribution in [0.5, 0.6) is 0 Å². The highest BCUT2D eigenvalue weighted by molar-refractivity contribution is 7.15. The van der Waals surface area contributed by atoms with Crippen LogP contribution in [0.3, 0.4) is 0 Å². The highest BCUT2D eigenvalue weighted by Gasteiger charge is 2.28. The Balaban J connectivity index is 2.10. The third-order valence-electron chi connectivity index (χ3n) is 3.69.